The van der Waals surface area contributed by atoms with Gasteiger partial charge in [-0.25, -0.2) is 0 Å². The van der Waals surface area contributed by atoms with E-state index in [1.54, 1.807) is 0 Å². The lowest BCUT2D eigenvalue weighted by molar-refractivity contribution is -0.358. The molecule has 6 atom stereocenters. The van der Waals surface area contributed by atoms with Gasteiger partial charge in [-0.15, -0.1) is 0 Å². The van der Waals surface area contributed by atoms with Gasteiger partial charge in [-0.1, -0.05) is 31.2 Å². The van der Waals surface area contributed by atoms with Gasteiger partial charge < -0.3 is 39.7 Å². The van der Waals surface area contributed by atoms with Crippen LogP contribution in [-0.4, -0.2) is 75.9 Å². The molecule has 5 N–H and O–H groups in total. The van der Waals surface area contributed by atoms with E-state index in [2.05, 4.69) is 13.0 Å². The summed E-state index contributed by atoms with van der Waals surface area (Å²) in [5, 5.41) is 62.4. The van der Waals surface area contributed by atoms with Gasteiger partial charge in [0.2, 0.25) is 5.79 Å². The second-order valence-electron chi connectivity index (χ2n) is 9.03. The number of ether oxygens (including phenoxy) is 3. The fourth-order valence-electron chi connectivity index (χ4n) is 4.53. The Kier molecular flexibility index (Phi) is 7.73. The molecule has 2 saturated heterocycles. The average Bonchev–Trinajstić information content (AvgIpc) is 3.39. The van der Waals surface area contributed by atoms with Crippen molar-refractivity contribution >= 4 is 0 Å². The van der Waals surface area contributed by atoms with Crippen LogP contribution in [-0.2, 0) is 28.1 Å². The molecule has 0 bridgehead atoms. The smallest absolute Gasteiger partial charge is 0.226 e. The highest BCUT2D eigenvalue weighted by molar-refractivity contribution is 5.52. The molecule has 0 unspecified atom stereocenters. The van der Waals surface area contributed by atoms with Gasteiger partial charge >= 0.3 is 0 Å². The molecule has 0 aliphatic carbocycles. The molecular formula is C26H31NO8. The Hall–Kier alpha value is -2.55. The molecule has 0 radical (unpaired) electrons. The van der Waals surface area contributed by atoms with E-state index in [1.807, 2.05) is 24.3 Å². The third-order valence-electron chi connectivity index (χ3n) is 6.69. The normalized spacial score (nSPS) is 30.7. The molecule has 0 aromatic heterocycles. The van der Waals surface area contributed by atoms with Gasteiger partial charge in [-0.05, 0) is 41.7 Å². The maximum Gasteiger partial charge on any atom is 0.226 e. The summed E-state index contributed by atoms with van der Waals surface area (Å²) in [4.78, 5) is 0. The van der Waals surface area contributed by atoms with E-state index in [-0.39, 0.29) is 17.4 Å². The van der Waals surface area contributed by atoms with Crippen LogP contribution in [0.2, 0.25) is 0 Å². The number of hydrogen-bond acceptors (Lipinski definition) is 9. The molecule has 9 nitrogen and oxygen atoms in total. The summed E-state index contributed by atoms with van der Waals surface area (Å²) >= 11 is 0. The maximum absolute atomic E-state index is 11.5. The number of nitriles is 1. The zero-order chi connectivity index (χ0) is 25.2. The van der Waals surface area contributed by atoms with E-state index in [9.17, 15) is 30.8 Å². The molecule has 2 aromatic carbocycles. The highest BCUT2D eigenvalue weighted by Gasteiger charge is 2.55. The molecule has 0 amide bonds. The summed E-state index contributed by atoms with van der Waals surface area (Å²) < 4.78 is 17.0. The lowest BCUT2D eigenvalue weighted by atomic mass is 9.85. The fourth-order valence-corrected chi connectivity index (χ4v) is 4.53. The van der Waals surface area contributed by atoms with Crippen LogP contribution >= 0.6 is 0 Å². The number of aliphatic hydroxyl groups excluding tert-OH is 4. The number of hydrogen-bond donors (Lipinski definition) is 5. The van der Waals surface area contributed by atoms with Gasteiger partial charge in [0.1, 0.15) is 36.3 Å². The predicted molar refractivity (Wildman–Crippen MR) is 124 cm³/mol. The highest BCUT2D eigenvalue weighted by atomic mass is 16.7. The van der Waals surface area contributed by atoms with E-state index < -0.39 is 36.8 Å². The van der Waals surface area contributed by atoms with Crippen LogP contribution < -0.4 is 4.74 Å². The monoisotopic (exact) mass is 485 g/mol. The topological polar surface area (TPSA) is 153 Å². The van der Waals surface area contributed by atoms with Gasteiger partial charge in [-0.2, -0.15) is 5.26 Å². The van der Waals surface area contributed by atoms with Crippen LogP contribution in [0.15, 0.2) is 36.4 Å². The minimum atomic E-state index is -2.52. The van der Waals surface area contributed by atoms with Crippen LogP contribution in [0.4, 0.5) is 0 Å². The highest BCUT2D eigenvalue weighted by Crippen LogP contribution is 2.42. The van der Waals surface area contributed by atoms with Crippen LogP contribution in [0.5, 0.6) is 5.75 Å². The lowest BCUT2D eigenvalue weighted by Gasteiger charge is -2.46. The quantitative estimate of drug-likeness (QED) is 0.377. The molecule has 188 valence electrons. The molecule has 35 heavy (non-hydrogen) atoms. The summed E-state index contributed by atoms with van der Waals surface area (Å²) in [7, 11) is 0. The third-order valence-corrected chi connectivity index (χ3v) is 6.69. The first-order valence-corrected chi connectivity index (χ1v) is 11.8. The first-order chi connectivity index (χ1) is 16.8. The van der Waals surface area contributed by atoms with Crippen molar-refractivity contribution in [2.75, 3.05) is 19.8 Å². The Morgan fingerprint density at radius 1 is 1.11 bits per heavy atom. The Morgan fingerprint density at radius 2 is 1.83 bits per heavy atom. The van der Waals surface area contributed by atoms with Gasteiger partial charge in [0.15, 0.2) is 0 Å². The number of nitrogens with zero attached hydrogens (tertiary/aromatic N) is 1. The van der Waals surface area contributed by atoms with Gasteiger partial charge in [0, 0.05) is 6.42 Å². The number of benzene rings is 2. The minimum absolute atomic E-state index is 0.0134. The van der Waals surface area contributed by atoms with Crippen molar-refractivity contribution in [1.82, 2.24) is 0 Å². The van der Waals surface area contributed by atoms with E-state index in [1.165, 1.54) is 17.7 Å². The average molecular weight is 486 g/mol. The molecule has 2 aliphatic heterocycles. The van der Waals surface area contributed by atoms with Gasteiger partial charge in [0.05, 0.1) is 37.0 Å². The molecule has 2 aromatic rings. The maximum atomic E-state index is 11.5. The fraction of sp³-hybridized carbons (Fsp3) is 0.500. The Balaban J connectivity index is 1.80. The second kappa shape index (κ2) is 10.6. The molecule has 4 rings (SSSR count). The number of aliphatic hydroxyl groups is 5. The second-order valence-corrected chi connectivity index (χ2v) is 9.03. The first-order valence-electron chi connectivity index (χ1n) is 11.8. The minimum Gasteiger partial charge on any atom is -0.487 e. The van der Waals surface area contributed by atoms with Crippen LogP contribution in [0.3, 0.4) is 0 Å². The zero-order valence-corrected chi connectivity index (χ0v) is 19.5. The Labute approximate surface area is 203 Å². The largest absolute Gasteiger partial charge is 0.487 e. The van der Waals surface area contributed by atoms with Gasteiger partial charge in [0.25, 0.3) is 0 Å². The van der Waals surface area contributed by atoms with E-state index in [0.29, 0.717) is 37.2 Å². The van der Waals surface area contributed by atoms with Gasteiger partial charge in [-0.3, -0.25) is 0 Å². The number of rotatable bonds is 7. The van der Waals surface area contributed by atoms with E-state index in [4.69, 9.17) is 14.2 Å². The molecule has 0 saturated carbocycles. The van der Waals surface area contributed by atoms with Crippen molar-refractivity contribution in [2.45, 2.75) is 62.5 Å². The van der Waals surface area contributed by atoms with Crippen molar-refractivity contribution < 1.29 is 39.7 Å². The Morgan fingerprint density at radius 3 is 2.43 bits per heavy atom. The van der Waals surface area contributed by atoms with E-state index in [0.717, 1.165) is 12.0 Å². The molecule has 2 fully saturated rings. The molecule has 9 heteroatoms. The lowest BCUT2D eigenvalue weighted by Crippen LogP contribution is -2.63. The summed E-state index contributed by atoms with van der Waals surface area (Å²) in [6, 6.07) is 13.1. The standard InChI is InChI=1S/C26H31NO8/c1-2-15-3-5-16(6-4-15)9-17-10-20(21(11-18(17)12-27)34-19-7-8-33-14-19)26(32)25(31)24(30)23(29)22(13-28)35-26/h3-6,10-11,19,22-25,28-32H,2,7-9,13-14H2,1H3/t19-,22+,23+,24-,25+,26+/m0/s1. The van der Waals surface area contributed by atoms with Crippen LogP contribution in [0, 0.1) is 11.3 Å². The molecule has 0 spiro atoms. The van der Waals surface area contributed by atoms with E-state index >= 15 is 0 Å². The first kappa shape index (κ1) is 25.5. The van der Waals surface area contributed by atoms with Crippen LogP contribution in [0.25, 0.3) is 0 Å². The molecule has 2 heterocycles. The van der Waals surface area contributed by atoms with Crippen molar-refractivity contribution in [2.24, 2.45) is 0 Å². The van der Waals surface area contributed by atoms with Crippen molar-refractivity contribution in [3.8, 4) is 11.8 Å². The third kappa shape index (κ3) is 5.06. The summed E-state index contributed by atoms with van der Waals surface area (Å²) in [5.41, 5.74) is 2.96. The summed E-state index contributed by atoms with van der Waals surface area (Å²) in [6.07, 6.45) is -5.22. The molecule has 2 aliphatic rings. The van der Waals surface area contributed by atoms with Crippen molar-refractivity contribution in [1.29, 1.82) is 5.26 Å². The van der Waals surface area contributed by atoms with Crippen molar-refractivity contribution in [3.63, 3.8) is 0 Å². The zero-order valence-electron chi connectivity index (χ0n) is 19.5. The van der Waals surface area contributed by atoms with Crippen LogP contribution in [0.1, 0.15) is 41.2 Å². The SMILES string of the molecule is CCc1ccc(Cc2cc([C@@]3(O)O[C@H](CO)[C@@H](O)[C@H](O)[C@H]3O)c(O[C@H]3CCOC3)cc2C#N)cc1. The summed E-state index contributed by atoms with van der Waals surface area (Å²) in [5.74, 6) is -2.43. The summed E-state index contributed by atoms with van der Waals surface area (Å²) in [6.45, 7) is 2.17. The van der Waals surface area contributed by atoms with Crippen molar-refractivity contribution in [3.05, 3.63) is 64.2 Å². The predicted octanol–water partition coefficient (Wildman–Crippen LogP) is 0.498. The Bertz CT molecular complexity index is 1060. The number of aryl methyl sites for hydroxylation is 1. The molecular weight excluding hydrogens is 454 g/mol.